The molecule has 1 aromatic rings. The standard InChI is InChI=1S/C13H13FO2/c1-9-8-10(14)5-6-11(9)13(15)12-4-2-3-7-16-12/h4-6,8H,2-3,7H2,1H3. The number of aryl methyl sites for hydroxylation is 1. The maximum atomic E-state index is 12.9. The summed E-state index contributed by atoms with van der Waals surface area (Å²) in [5.41, 5.74) is 1.15. The Balaban J connectivity index is 2.30. The number of rotatable bonds is 2. The van der Waals surface area contributed by atoms with Gasteiger partial charge >= 0.3 is 0 Å². The van der Waals surface area contributed by atoms with Gasteiger partial charge < -0.3 is 4.74 Å². The molecule has 0 bridgehead atoms. The fraction of sp³-hybridized carbons (Fsp3) is 0.308. The molecular weight excluding hydrogens is 207 g/mol. The Labute approximate surface area is 93.7 Å². The Morgan fingerprint density at radius 3 is 2.88 bits per heavy atom. The topological polar surface area (TPSA) is 26.3 Å². The summed E-state index contributed by atoms with van der Waals surface area (Å²) in [6, 6.07) is 4.16. The molecule has 0 atom stereocenters. The van der Waals surface area contributed by atoms with Gasteiger partial charge in [0.25, 0.3) is 0 Å². The van der Waals surface area contributed by atoms with Crippen LogP contribution in [0.2, 0.25) is 0 Å². The van der Waals surface area contributed by atoms with Crippen molar-refractivity contribution in [2.75, 3.05) is 6.61 Å². The van der Waals surface area contributed by atoms with Gasteiger partial charge in [0.2, 0.25) is 5.78 Å². The fourth-order valence-corrected chi connectivity index (χ4v) is 1.73. The molecule has 16 heavy (non-hydrogen) atoms. The highest BCUT2D eigenvalue weighted by Crippen LogP contribution is 2.18. The molecule has 0 aliphatic carbocycles. The smallest absolute Gasteiger partial charge is 0.227 e. The van der Waals surface area contributed by atoms with E-state index >= 15 is 0 Å². The molecule has 2 rings (SSSR count). The van der Waals surface area contributed by atoms with Gasteiger partial charge in [0.15, 0.2) is 5.76 Å². The monoisotopic (exact) mass is 220 g/mol. The lowest BCUT2D eigenvalue weighted by atomic mass is 10.0. The first-order valence-corrected chi connectivity index (χ1v) is 5.32. The third kappa shape index (κ3) is 2.13. The molecule has 0 N–H and O–H groups in total. The third-order valence-electron chi connectivity index (χ3n) is 2.59. The SMILES string of the molecule is Cc1cc(F)ccc1C(=O)C1=CCCCO1. The Bertz CT molecular complexity index is 449. The van der Waals surface area contributed by atoms with Crippen LogP contribution in [-0.4, -0.2) is 12.4 Å². The summed E-state index contributed by atoms with van der Waals surface area (Å²) in [6.45, 7) is 2.30. The molecule has 0 spiro atoms. The van der Waals surface area contributed by atoms with Gasteiger partial charge in [-0.25, -0.2) is 4.39 Å². The second-order valence-corrected chi connectivity index (χ2v) is 3.85. The molecule has 2 nitrogen and oxygen atoms in total. The van der Waals surface area contributed by atoms with Crippen LogP contribution >= 0.6 is 0 Å². The lowest BCUT2D eigenvalue weighted by Crippen LogP contribution is -2.12. The highest BCUT2D eigenvalue weighted by Gasteiger charge is 2.17. The number of hydrogen-bond acceptors (Lipinski definition) is 2. The Morgan fingerprint density at radius 2 is 2.25 bits per heavy atom. The van der Waals surface area contributed by atoms with Crippen molar-refractivity contribution in [1.82, 2.24) is 0 Å². The van der Waals surface area contributed by atoms with Gasteiger partial charge in [0.05, 0.1) is 6.61 Å². The van der Waals surface area contributed by atoms with Gasteiger partial charge in [-0.05, 0) is 49.6 Å². The number of halogens is 1. The summed E-state index contributed by atoms with van der Waals surface area (Å²) in [4.78, 5) is 12.0. The van der Waals surface area contributed by atoms with Crippen molar-refractivity contribution in [3.63, 3.8) is 0 Å². The Hall–Kier alpha value is -1.64. The van der Waals surface area contributed by atoms with E-state index in [0.717, 1.165) is 12.8 Å². The minimum Gasteiger partial charge on any atom is -0.490 e. The van der Waals surface area contributed by atoms with Crippen LogP contribution in [0.25, 0.3) is 0 Å². The van der Waals surface area contributed by atoms with Crippen LogP contribution < -0.4 is 0 Å². The molecule has 1 heterocycles. The van der Waals surface area contributed by atoms with E-state index in [9.17, 15) is 9.18 Å². The number of ether oxygens (including phenoxy) is 1. The van der Waals surface area contributed by atoms with Crippen LogP contribution in [0.4, 0.5) is 4.39 Å². The van der Waals surface area contributed by atoms with Crippen LogP contribution in [-0.2, 0) is 4.74 Å². The highest BCUT2D eigenvalue weighted by atomic mass is 19.1. The molecule has 0 aromatic heterocycles. The van der Waals surface area contributed by atoms with E-state index < -0.39 is 0 Å². The van der Waals surface area contributed by atoms with Crippen molar-refractivity contribution < 1.29 is 13.9 Å². The first-order chi connectivity index (χ1) is 7.68. The second-order valence-electron chi connectivity index (χ2n) is 3.85. The maximum Gasteiger partial charge on any atom is 0.227 e. The molecule has 1 aliphatic heterocycles. The maximum absolute atomic E-state index is 12.9. The van der Waals surface area contributed by atoms with E-state index in [-0.39, 0.29) is 11.6 Å². The van der Waals surface area contributed by atoms with Crippen LogP contribution in [0.5, 0.6) is 0 Å². The first-order valence-electron chi connectivity index (χ1n) is 5.32. The molecule has 1 aliphatic rings. The average molecular weight is 220 g/mol. The number of carbonyl (C=O) groups is 1. The molecule has 84 valence electrons. The van der Waals surface area contributed by atoms with E-state index in [2.05, 4.69) is 0 Å². The first kappa shape index (κ1) is 10.9. The van der Waals surface area contributed by atoms with Crippen molar-refractivity contribution in [2.24, 2.45) is 0 Å². The van der Waals surface area contributed by atoms with Gasteiger partial charge in [-0.1, -0.05) is 0 Å². The summed E-state index contributed by atoms with van der Waals surface area (Å²) in [5, 5.41) is 0. The fourth-order valence-electron chi connectivity index (χ4n) is 1.73. The van der Waals surface area contributed by atoms with E-state index in [0.29, 0.717) is 23.5 Å². The molecule has 0 radical (unpaired) electrons. The van der Waals surface area contributed by atoms with Crippen molar-refractivity contribution in [1.29, 1.82) is 0 Å². The highest BCUT2D eigenvalue weighted by molar-refractivity contribution is 6.08. The minimum atomic E-state index is -0.326. The van der Waals surface area contributed by atoms with E-state index in [1.54, 1.807) is 13.0 Å². The van der Waals surface area contributed by atoms with Crippen molar-refractivity contribution in [3.8, 4) is 0 Å². The third-order valence-corrected chi connectivity index (χ3v) is 2.59. The number of hydrogen-bond donors (Lipinski definition) is 0. The zero-order valence-corrected chi connectivity index (χ0v) is 9.13. The number of ketones is 1. The second kappa shape index (κ2) is 4.47. The average Bonchev–Trinajstić information content (AvgIpc) is 2.29. The molecular formula is C13H13FO2. The summed E-state index contributed by atoms with van der Waals surface area (Å²) in [7, 11) is 0. The van der Waals surface area contributed by atoms with E-state index in [1.165, 1.54) is 18.2 Å². The van der Waals surface area contributed by atoms with Crippen molar-refractivity contribution >= 4 is 5.78 Å². The van der Waals surface area contributed by atoms with Crippen molar-refractivity contribution in [3.05, 3.63) is 47.0 Å². The van der Waals surface area contributed by atoms with Crippen LogP contribution in [0.3, 0.4) is 0 Å². The quantitative estimate of drug-likeness (QED) is 0.716. The zero-order chi connectivity index (χ0) is 11.5. The summed E-state index contributed by atoms with van der Waals surface area (Å²) >= 11 is 0. The minimum absolute atomic E-state index is 0.155. The molecule has 0 saturated carbocycles. The van der Waals surface area contributed by atoms with Gasteiger partial charge in [-0.2, -0.15) is 0 Å². The normalized spacial score (nSPS) is 15.2. The van der Waals surface area contributed by atoms with Gasteiger partial charge in [0.1, 0.15) is 5.82 Å². The van der Waals surface area contributed by atoms with Crippen LogP contribution in [0, 0.1) is 12.7 Å². The lowest BCUT2D eigenvalue weighted by Gasteiger charge is -2.14. The Kier molecular flexibility index (Phi) is 3.04. The number of benzene rings is 1. The Morgan fingerprint density at radius 1 is 1.44 bits per heavy atom. The molecule has 1 aromatic carbocycles. The molecule has 0 unspecified atom stereocenters. The predicted molar refractivity (Wildman–Crippen MR) is 58.7 cm³/mol. The largest absolute Gasteiger partial charge is 0.490 e. The predicted octanol–water partition coefficient (Wildman–Crippen LogP) is 3.01. The van der Waals surface area contributed by atoms with Gasteiger partial charge in [-0.15, -0.1) is 0 Å². The molecule has 0 amide bonds. The van der Waals surface area contributed by atoms with Crippen LogP contribution in [0.1, 0.15) is 28.8 Å². The number of allylic oxidation sites excluding steroid dienone is 2. The summed E-state index contributed by atoms with van der Waals surface area (Å²) < 4.78 is 18.2. The number of carbonyl (C=O) groups excluding carboxylic acids is 1. The van der Waals surface area contributed by atoms with Crippen LogP contribution in [0.15, 0.2) is 30.0 Å². The summed E-state index contributed by atoms with van der Waals surface area (Å²) in [6.07, 6.45) is 3.61. The zero-order valence-electron chi connectivity index (χ0n) is 9.13. The molecule has 0 fully saturated rings. The van der Waals surface area contributed by atoms with Crippen molar-refractivity contribution in [2.45, 2.75) is 19.8 Å². The van der Waals surface area contributed by atoms with E-state index in [4.69, 9.17) is 4.74 Å². The number of Topliss-reactive ketones (excluding diaryl/α,β-unsaturated/α-hetero) is 1. The molecule has 0 saturated heterocycles. The summed E-state index contributed by atoms with van der Waals surface area (Å²) in [5.74, 6) is -0.0919. The van der Waals surface area contributed by atoms with Gasteiger partial charge in [-0.3, -0.25) is 4.79 Å². The molecule has 3 heteroatoms. The lowest BCUT2D eigenvalue weighted by molar-refractivity contribution is 0.0898. The van der Waals surface area contributed by atoms with Gasteiger partial charge in [0, 0.05) is 5.56 Å². The van der Waals surface area contributed by atoms with E-state index in [1.807, 2.05) is 0 Å².